The first-order valence-corrected chi connectivity index (χ1v) is 11.1. The lowest BCUT2D eigenvalue weighted by molar-refractivity contribution is 0.0946. The number of amides is 1. The Labute approximate surface area is 188 Å². The Balaban J connectivity index is 1.60. The summed E-state index contributed by atoms with van der Waals surface area (Å²) in [6.07, 6.45) is 2.35. The molecule has 5 heteroatoms. The van der Waals surface area contributed by atoms with Gasteiger partial charge in [0.25, 0.3) is 5.91 Å². The quantitative estimate of drug-likeness (QED) is 0.486. The Morgan fingerprint density at radius 2 is 1.88 bits per heavy atom. The number of nitrogens with one attached hydrogen (secondary N) is 2. The van der Waals surface area contributed by atoms with Crippen LogP contribution in [0.2, 0.25) is 0 Å². The largest absolute Gasteiger partial charge is 0.492 e. The molecule has 0 bridgehead atoms. The van der Waals surface area contributed by atoms with Crippen molar-refractivity contribution in [3.8, 4) is 16.9 Å². The normalized spacial score (nSPS) is 13.1. The summed E-state index contributed by atoms with van der Waals surface area (Å²) in [6.45, 7) is 3.33. The summed E-state index contributed by atoms with van der Waals surface area (Å²) in [6, 6.07) is 18.9. The first-order chi connectivity index (χ1) is 15.5. The Kier molecular flexibility index (Phi) is 6.86. The number of hydrogen-bond donors (Lipinski definition) is 2. The van der Waals surface area contributed by atoms with Gasteiger partial charge in [0.15, 0.2) is 0 Å². The van der Waals surface area contributed by atoms with E-state index in [1.807, 2.05) is 43.4 Å². The molecule has 32 heavy (non-hydrogen) atoms. The van der Waals surface area contributed by atoms with Crippen LogP contribution in [0.25, 0.3) is 11.1 Å². The SMILES string of the molecule is CNCc1ccccc1-c1ccc(OCC2CC2)c(C(=O)NCc2ccc(C)c(F)c2)c1. The van der Waals surface area contributed by atoms with Crippen LogP contribution in [0.5, 0.6) is 5.75 Å². The van der Waals surface area contributed by atoms with Gasteiger partial charge in [0, 0.05) is 13.1 Å². The number of carbonyl (C=O) groups is 1. The summed E-state index contributed by atoms with van der Waals surface area (Å²) >= 11 is 0. The summed E-state index contributed by atoms with van der Waals surface area (Å²) in [5.41, 5.74) is 4.99. The van der Waals surface area contributed by atoms with Crippen molar-refractivity contribution in [1.29, 1.82) is 0 Å². The van der Waals surface area contributed by atoms with Gasteiger partial charge < -0.3 is 15.4 Å². The van der Waals surface area contributed by atoms with Crippen molar-refractivity contribution in [2.24, 2.45) is 5.92 Å². The summed E-state index contributed by atoms with van der Waals surface area (Å²) in [5.74, 6) is 0.662. The number of halogens is 1. The maximum atomic E-state index is 13.9. The van der Waals surface area contributed by atoms with Crippen molar-refractivity contribution in [1.82, 2.24) is 10.6 Å². The van der Waals surface area contributed by atoms with Crippen molar-refractivity contribution in [3.05, 3.63) is 88.7 Å². The molecule has 0 spiro atoms. The molecule has 166 valence electrons. The second-order valence-electron chi connectivity index (χ2n) is 8.42. The lowest BCUT2D eigenvalue weighted by Gasteiger charge is -2.15. The third-order valence-corrected chi connectivity index (χ3v) is 5.78. The highest BCUT2D eigenvalue weighted by atomic mass is 19.1. The molecule has 1 aliphatic carbocycles. The van der Waals surface area contributed by atoms with E-state index in [1.54, 1.807) is 13.0 Å². The molecule has 1 aliphatic rings. The topological polar surface area (TPSA) is 50.4 Å². The number of aryl methyl sites for hydroxylation is 1. The Hall–Kier alpha value is -3.18. The molecule has 0 unspecified atom stereocenters. The molecule has 0 heterocycles. The van der Waals surface area contributed by atoms with Crippen LogP contribution in [0, 0.1) is 18.7 Å². The molecule has 0 aliphatic heterocycles. The van der Waals surface area contributed by atoms with Crippen LogP contribution in [0.15, 0.2) is 60.7 Å². The average Bonchev–Trinajstić information content (AvgIpc) is 3.63. The molecule has 1 amide bonds. The molecule has 0 radical (unpaired) electrons. The van der Waals surface area contributed by atoms with Gasteiger partial charge in [-0.05, 0) is 78.7 Å². The van der Waals surface area contributed by atoms with E-state index in [4.69, 9.17) is 4.74 Å². The van der Waals surface area contributed by atoms with Crippen LogP contribution in [0.1, 0.15) is 39.9 Å². The molecule has 1 saturated carbocycles. The highest BCUT2D eigenvalue weighted by Gasteiger charge is 2.23. The van der Waals surface area contributed by atoms with E-state index in [2.05, 4.69) is 22.8 Å². The molecular weight excluding hydrogens is 403 g/mol. The maximum Gasteiger partial charge on any atom is 0.255 e. The smallest absolute Gasteiger partial charge is 0.255 e. The molecule has 0 saturated heterocycles. The van der Waals surface area contributed by atoms with Crippen molar-refractivity contribution < 1.29 is 13.9 Å². The maximum absolute atomic E-state index is 13.9. The highest BCUT2D eigenvalue weighted by Crippen LogP contribution is 2.33. The standard InChI is InChI=1S/C27H29FN2O2/c1-18-7-8-20(13-25(18)28)15-30-27(31)24-14-21(11-12-26(24)32-17-19-9-10-19)23-6-4-3-5-22(23)16-29-2/h3-8,11-14,19,29H,9-10,15-17H2,1-2H3,(H,30,31). The van der Waals surface area contributed by atoms with Gasteiger partial charge in [0.2, 0.25) is 0 Å². The predicted octanol–water partition coefficient (Wildman–Crippen LogP) is 5.24. The Bertz CT molecular complexity index is 1110. The van der Waals surface area contributed by atoms with Crippen LogP contribution in [0.4, 0.5) is 4.39 Å². The first-order valence-electron chi connectivity index (χ1n) is 11.1. The van der Waals surface area contributed by atoms with Crippen LogP contribution in [-0.2, 0) is 13.1 Å². The molecule has 0 aromatic heterocycles. The zero-order valence-corrected chi connectivity index (χ0v) is 18.6. The monoisotopic (exact) mass is 432 g/mol. The molecule has 2 N–H and O–H groups in total. The van der Waals surface area contributed by atoms with Gasteiger partial charge in [0.05, 0.1) is 12.2 Å². The van der Waals surface area contributed by atoms with E-state index < -0.39 is 0 Å². The minimum atomic E-state index is -0.270. The first kappa shape index (κ1) is 22.0. The van der Waals surface area contributed by atoms with Gasteiger partial charge in [0.1, 0.15) is 11.6 Å². The van der Waals surface area contributed by atoms with Gasteiger partial charge in [-0.15, -0.1) is 0 Å². The zero-order valence-electron chi connectivity index (χ0n) is 18.6. The second-order valence-corrected chi connectivity index (χ2v) is 8.42. The van der Waals surface area contributed by atoms with Crippen LogP contribution < -0.4 is 15.4 Å². The molecule has 3 aromatic rings. The molecule has 0 atom stereocenters. The molecule has 3 aromatic carbocycles. The second kappa shape index (κ2) is 9.96. The average molecular weight is 433 g/mol. The fourth-order valence-corrected chi connectivity index (χ4v) is 3.66. The highest BCUT2D eigenvalue weighted by molar-refractivity contribution is 5.98. The van der Waals surface area contributed by atoms with Gasteiger partial charge in [-0.3, -0.25) is 4.79 Å². The summed E-state index contributed by atoms with van der Waals surface area (Å²) < 4.78 is 19.9. The third-order valence-electron chi connectivity index (χ3n) is 5.78. The number of benzene rings is 3. The molecule has 4 rings (SSSR count). The van der Waals surface area contributed by atoms with E-state index in [0.29, 0.717) is 29.4 Å². The van der Waals surface area contributed by atoms with E-state index in [1.165, 1.54) is 18.9 Å². The van der Waals surface area contributed by atoms with Gasteiger partial charge >= 0.3 is 0 Å². The number of ether oxygens (including phenoxy) is 1. The van der Waals surface area contributed by atoms with Gasteiger partial charge in [-0.1, -0.05) is 42.5 Å². The summed E-state index contributed by atoms with van der Waals surface area (Å²) in [5, 5.41) is 6.12. The minimum absolute atomic E-state index is 0.232. The third kappa shape index (κ3) is 5.35. The predicted molar refractivity (Wildman–Crippen MR) is 125 cm³/mol. The van der Waals surface area contributed by atoms with Gasteiger partial charge in [-0.25, -0.2) is 4.39 Å². The summed E-state index contributed by atoms with van der Waals surface area (Å²) in [4.78, 5) is 13.1. The lowest BCUT2D eigenvalue weighted by Crippen LogP contribution is -2.24. The fourth-order valence-electron chi connectivity index (χ4n) is 3.66. The van der Waals surface area contributed by atoms with Crippen molar-refractivity contribution >= 4 is 5.91 Å². The van der Waals surface area contributed by atoms with Crippen molar-refractivity contribution in [2.45, 2.75) is 32.9 Å². The van der Waals surface area contributed by atoms with Crippen LogP contribution in [-0.4, -0.2) is 19.6 Å². The minimum Gasteiger partial charge on any atom is -0.492 e. The number of rotatable bonds is 9. The Morgan fingerprint density at radius 1 is 1.06 bits per heavy atom. The number of carbonyl (C=O) groups excluding carboxylic acids is 1. The zero-order chi connectivity index (χ0) is 22.5. The van der Waals surface area contributed by atoms with Crippen LogP contribution in [0.3, 0.4) is 0 Å². The van der Waals surface area contributed by atoms with Crippen molar-refractivity contribution in [2.75, 3.05) is 13.7 Å². The lowest BCUT2D eigenvalue weighted by atomic mass is 9.97. The van der Waals surface area contributed by atoms with Crippen molar-refractivity contribution in [3.63, 3.8) is 0 Å². The molecule has 1 fully saturated rings. The van der Waals surface area contributed by atoms with E-state index in [9.17, 15) is 9.18 Å². The molecular formula is C27H29FN2O2. The number of hydrogen-bond acceptors (Lipinski definition) is 3. The van der Waals surface area contributed by atoms with E-state index in [0.717, 1.165) is 28.8 Å². The van der Waals surface area contributed by atoms with Gasteiger partial charge in [-0.2, -0.15) is 0 Å². The van der Waals surface area contributed by atoms with Crippen LogP contribution >= 0.6 is 0 Å². The fraction of sp³-hybridized carbons (Fsp3) is 0.296. The molecule has 4 nitrogen and oxygen atoms in total. The van der Waals surface area contributed by atoms with E-state index in [-0.39, 0.29) is 18.3 Å². The Morgan fingerprint density at radius 3 is 2.62 bits per heavy atom. The van der Waals surface area contributed by atoms with E-state index >= 15 is 0 Å². The summed E-state index contributed by atoms with van der Waals surface area (Å²) in [7, 11) is 1.92.